The third-order valence-electron chi connectivity index (χ3n) is 3.38. The van der Waals surface area contributed by atoms with Gasteiger partial charge in [0.1, 0.15) is 0 Å². The van der Waals surface area contributed by atoms with E-state index in [1.807, 2.05) is 37.4 Å². The number of ether oxygens (including phenoxy) is 2. The maximum absolute atomic E-state index is 5.59. The van der Waals surface area contributed by atoms with Crippen molar-refractivity contribution < 1.29 is 9.47 Å². The Morgan fingerprint density at radius 1 is 1.25 bits per heavy atom. The first-order chi connectivity index (χ1) is 11.8. The van der Waals surface area contributed by atoms with Gasteiger partial charge < -0.3 is 20.1 Å². The van der Waals surface area contributed by atoms with Gasteiger partial charge in [0, 0.05) is 37.7 Å². The van der Waals surface area contributed by atoms with E-state index in [1.54, 1.807) is 20.4 Å². The fourth-order valence-corrected chi connectivity index (χ4v) is 2.21. The lowest BCUT2D eigenvalue weighted by molar-refractivity contribution is 0.311. The van der Waals surface area contributed by atoms with Gasteiger partial charge in [-0.1, -0.05) is 6.07 Å². The maximum atomic E-state index is 5.59. The molecule has 0 bridgehead atoms. The topological polar surface area (TPSA) is 67.8 Å². The lowest BCUT2D eigenvalue weighted by Gasteiger charge is -2.14. The van der Waals surface area contributed by atoms with Gasteiger partial charge in [0.25, 0.3) is 0 Å². The van der Waals surface area contributed by atoms with Gasteiger partial charge in [-0.15, -0.1) is 0 Å². The Morgan fingerprint density at radius 2 is 2.12 bits per heavy atom. The Kier molecular flexibility index (Phi) is 6.89. The lowest BCUT2D eigenvalue weighted by atomic mass is 10.2. The number of aromatic nitrogens is 1. The minimum absolute atomic E-state index is 0.581. The second-order valence-corrected chi connectivity index (χ2v) is 5.03. The van der Waals surface area contributed by atoms with Gasteiger partial charge in [0.2, 0.25) is 0 Å². The smallest absolute Gasteiger partial charge is 0.195 e. The predicted molar refractivity (Wildman–Crippen MR) is 97.1 cm³/mol. The predicted octanol–water partition coefficient (Wildman–Crippen LogP) is 2.72. The molecule has 0 unspecified atom stereocenters. The van der Waals surface area contributed by atoms with E-state index >= 15 is 0 Å². The number of nitrogens with one attached hydrogen (secondary N) is 2. The summed E-state index contributed by atoms with van der Waals surface area (Å²) in [4.78, 5) is 8.35. The number of aliphatic imine (C=N–C) groups is 1. The van der Waals surface area contributed by atoms with Crippen LogP contribution in [0, 0.1) is 0 Å². The van der Waals surface area contributed by atoms with Crippen LogP contribution in [0.3, 0.4) is 0 Å². The SMILES string of the molecule is CCOc1cc(NC(=NC)NCCc2cccnc2)ccc1OC. The summed E-state index contributed by atoms with van der Waals surface area (Å²) >= 11 is 0. The first-order valence-corrected chi connectivity index (χ1v) is 7.94. The molecule has 1 heterocycles. The first kappa shape index (κ1) is 17.6. The summed E-state index contributed by atoms with van der Waals surface area (Å²) in [5.74, 6) is 2.12. The van der Waals surface area contributed by atoms with Crippen LogP contribution in [0.25, 0.3) is 0 Å². The summed E-state index contributed by atoms with van der Waals surface area (Å²) in [6.07, 6.45) is 4.52. The number of rotatable bonds is 7. The second kappa shape index (κ2) is 9.39. The van der Waals surface area contributed by atoms with Gasteiger partial charge in [-0.3, -0.25) is 9.98 Å². The number of nitrogens with zero attached hydrogens (tertiary/aromatic N) is 2. The van der Waals surface area contributed by atoms with E-state index in [9.17, 15) is 0 Å². The Labute approximate surface area is 142 Å². The average Bonchev–Trinajstić information content (AvgIpc) is 2.62. The van der Waals surface area contributed by atoms with Crippen molar-refractivity contribution in [2.45, 2.75) is 13.3 Å². The molecule has 0 saturated carbocycles. The number of methoxy groups -OCH3 is 1. The molecule has 6 heteroatoms. The van der Waals surface area contributed by atoms with Crippen LogP contribution in [-0.4, -0.2) is 38.3 Å². The zero-order valence-corrected chi connectivity index (χ0v) is 14.4. The van der Waals surface area contributed by atoms with Gasteiger partial charge in [-0.25, -0.2) is 0 Å². The standard InChI is InChI=1S/C18H24N4O2/c1-4-24-17-12-15(7-8-16(17)23-3)22-18(19-2)21-11-9-14-6-5-10-20-13-14/h5-8,10,12-13H,4,9,11H2,1-3H3,(H2,19,21,22). The Bertz CT molecular complexity index is 659. The minimum atomic E-state index is 0.581. The summed E-state index contributed by atoms with van der Waals surface area (Å²) in [5, 5.41) is 6.54. The molecule has 2 rings (SSSR count). The third-order valence-corrected chi connectivity index (χ3v) is 3.38. The van der Waals surface area contributed by atoms with Gasteiger partial charge in [0.15, 0.2) is 17.5 Å². The molecule has 0 spiro atoms. The van der Waals surface area contributed by atoms with Crippen LogP contribution in [0.4, 0.5) is 5.69 Å². The number of guanidine groups is 1. The number of hydrogen-bond donors (Lipinski definition) is 2. The quantitative estimate of drug-likeness (QED) is 0.604. The van der Waals surface area contributed by atoms with Crippen molar-refractivity contribution in [2.24, 2.45) is 4.99 Å². The van der Waals surface area contributed by atoms with Crippen molar-refractivity contribution in [3.05, 3.63) is 48.3 Å². The maximum Gasteiger partial charge on any atom is 0.195 e. The highest BCUT2D eigenvalue weighted by atomic mass is 16.5. The Morgan fingerprint density at radius 3 is 2.79 bits per heavy atom. The minimum Gasteiger partial charge on any atom is -0.493 e. The summed E-state index contributed by atoms with van der Waals surface area (Å²) in [6.45, 7) is 3.29. The highest BCUT2D eigenvalue weighted by Gasteiger charge is 2.07. The van der Waals surface area contributed by atoms with Crippen LogP contribution in [0.5, 0.6) is 11.5 Å². The largest absolute Gasteiger partial charge is 0.493 e. The molecule has 0 fully saturated rings. The molecular weight excluding hydrogens is 304 g/mol. The van der Waals surface area contributed by atoms with Gasteiger partial charge in [0.05, 0.1) is 13.7 Å². The summed E-state index contributed by atoms with van der Waals surface area (Å²) in [6, 6.07) is 9.69. The fourth-order valence-electron chi connectivity index (χ4n) is 2.21. The number of benzene rings is 1. The molecule has 0 atom stereocenters. The van der Waals surface area contributed by atoms with Crippen molar-refractivity contribution >= 4 is 11.6 Å². The molecule has 2 aromatic rings. The van der Waals surface area contributed by atoms with E-state index in [-0.39, 0.29) is 0 Å². The van der Waals surface area contributed by atoms with Gasteiger partial charge >= 0.3 is 0 Å². The zero-order valence-electron chi connectivity index (χ0n) is 14.4. The van der Waals surface area contributed by atoms with E-state index < -0.39 is 0 Å². The molecule has 0 saturated heterocycles. The number of hydrogen-bond acceptors (Lipinski definition) is 4. The molecule has 24 heavy (non-hydrogen) atoms. The molecule has 0 amide bonds. The molecule has 6 nitrogen and oxygen atoms in total. The monoisotopic (exact) mass is 328 g/mol. The van der Waals surface area contributed by atoms with Crippen LogP contribution >= 0.6 is 0 Å². The van der Waals surface area contributed by atoms with Crippen LogP contribution in [0.1, 0.15) is 12.5 Å². The molecule has 1 aromatic heterocycles. The first-order valence-electron chi connectivity index (χ1n) is 7.94. The van der Waals surface area contributed by atoms with E-state index in [1.165, 1.54) is 5.56 Å². The van der Waals surface area contributed by atoms with Gasteiger partial charge in [-0.2, -0.15) is 0 Å². The summed E-state index contributed by atoms with van der Waals surface area (Å²) < 4.78 is 10.9. The molecule has 0 aliphatic rings. The molecule has 2 N–H and O–H groups in total. The van der Waals surface area contributed by atoms with Crippen LogP contribution in [0.2, 0.25) is 0 Å². The molecule has 0 aliphatic carbocycles. The normalized spacial score (nSPS) is 11.0. The molecule has 128 valence electrons. The highest BCUT2D eigenvalue weighted by Crippen LogP contribution is 2.30. The molecule has 1 aromatic carbocycles. The van der Waals surface area contributed by atoms with Crippen molar-refractivity contribution in [1.29, 1.82) is 0 Å². The molecular formula is C18H24N4O2. The van der Waals surface area contributed by atoms with E-state index in [0.717, 1.165) is 18.7 Å². The number of anilines is 1. The lowest BCUT2D eigenvalue weighted by Crippen LogP contribution is -2.32. The number of pyridine rings is 1. The summed E-state index contributed by atoms with van der Waals surface area (Å²) in [5.41, 5.74) is 2.07. The van der Waals surface area contributed by atoms with E-state index in [2.05, 4.69) is 26.7 Å². The zero-order chi connectivity index (χ0) is 17.2. The van der Waals surface area contributed by atoms with E-state index in [0.29, 0.717) is 24.1 Å². The highest BCUT2D eigenvalue weighted by molar-refractivity contribution is 5.93. The van der Waals surface area contributed by atoms with Crippen molar-refractivity contribution in [1.82, 2.24) is 10.3 Å². The molecule has 0 aliphatic heterocycles. The van der Waals surface area contributed by atoms with Crippen LogP contribution in [0.15, 0.2) is 47.7 Å². The van der Waals surface area contributed by atoms with Crippen LogP contribution in [-0.2, 0) is 6.42 Å². The van der Waals surface area contributed by atoms with Gasteiger partial charge in [-0.05, 0) is 37.1 Å². The fraction of sp³-hybridized carbons (Fsp3) is 0.333. The summed E-state index contributed by atoms with van der Waals surface area (Å²) in [7, 11) is 3.37. The second-order valence-electron chi connectivity index (χ2n) is 5.03. The van der Waals surface area contributed by atoms with Crippen molar-refractivity contribution in [3.8, 4) is 11.5 Å². The average molecular weight is 328 g/mol. The van der Waals surface area contributed by atoms with E-state index in [4.69, 9.17) is 9.47 Å². The van der Waals surface area contributed by atoms with Crippen molar-refractivity contribution in [3.63, 3.8) is 0 Å². The third kappa shape index (κ3) is 5.15. The van der Waals surface area contributed by atoms with Crippen LogP contribution < -0.4 is 20.1 Å². The Hall–Kier alpha value is -2.76. The Balaban J connectivity index is 1.93. The van der Waals surface area contributed by atoms with Crippen molar-refractivity contribution in [2.75, 3.05) is 32.6 Å². The molecule has 0 radical (unpaired) electrons.